The summed E-state index contributed by atoms with van der Waals surface area (Å²) in [7, 11) is 0. The summed E-state index contributed by atoms with van der Waals surface area (Å²) >= 11 is 1.91. The van der Waals surface area contributed by atoms with Crippen LogP contribution in [0.1, 0.15) is 43.2 Å². The number of hydrogen-bond acceptors (Lipinski definition) is 2. The van der Waals surface area contributed by atoms with E-state index in [0.29, 0.717) is 11.8 Å². The van der Waals surface area contributed by atoms with E-state index < -0.39 is 0 Å². The highest BCUT2D eigenvalue weighted by Crippen LogP contribution is 2.68. The molecule has 0 unspecified atom stereocenters. The van der Waals surface area contributed by atoms with Gasteiger partial charge in [-0.2, -0.15) is 0 Å². The molecule has 2 aromatic heterocycles. The summed E-state index contributed by atoms with van der Waals surface area (Å²) in [6.45, 7) is 0. The molecule has 1 aliphatic heterocycles. The number of anilines is 3. The predicted octanol–water partition coefficient (Wildman–Crippen LogP) is 14.3. The van der Waals surface area contributed by atoms with Crippen LogP contribution in [0.4, 0.5) is 17.1 Å². The van der Waals surface area contributed by atoms with Gasteiger partial charge in [0.25, 0.3) is 0 Å². The molecule has 4 aliphatic carbocycles. The summed E-state index contributed by atoms with van der Waals surface area (Å²) < 4.78 is 5.33. The highest BCUT2D eigenvalue weighted by atomic mass is 32.1. The lowest BCUT2D eigenvalue weighted by Crippen LogP contribution is -2.57. The van der Waals surface area contributed by atoms with Gasteiger partial charge in [0.1, 0.15) is 0 Å². The quantitative estimate of drug-likeness (QED) is 0.175. The molecule has 4 saturated carbocycles. The number of hydrogen-bond donors (Lipinski definition) is 0. The van der Waals surface area contributed by atoms with Crippen molar-refractivity contribution in [3.8, 4) is 16.8 Å². The van der Waals surface area contributed by atoms with Gasteiger partial charge < -0.3 is 9.47 Å². The average Bonchev–Trinajstić information content (AvgIpc) is 3.78. The zero-order valence-electron chi connectivity index (χ0n) is 30.7. The molecular weight excluding hydrogens is 685 g/mol. The summed E-state index contributed by atoms with van der Waals surface area (Å²) in [5.41, 5.74) is 13.5. The summed E-state index contributed by atoms with van der Waals surface area (Å²) in [4.78, 5) is 2.54. The lowest BCUT2D eigenvalue weighted by molar-refractivity contribution is -0.0418. The van der Waals surface area contributed by atoms with E-state index in [1.54, 1.807) is 11.1 Å². The second-order valence-electron chi connectivity index (χ2n) is 16.9. The Morgan fingerprint density at radius 1 is 0.509 bits per heavy atom. The van der Waals surface area contributed by atoms with Gasteiger partial charge in [0.15, 0.2) is 0 Å². The maximum atomic E-state index is 2.66. The second-order valence-corrected chi connectivity index (χ2v) is 18.0. The van der Waals surface area contributed by atoms with Crippen LogP contribution in [0.15, 0.2) is 158 Å². The van der Waals surface area contributed by atoms with E-state index >= 15 is 0 Å². The number of thiophene rings is 1. The molecule has 0 saturated heterocycles. The molecule has 0 atom stereocenters. The number of aromatic nitrogens is 1. The van der Waals surface area contributed by atoms with E-state index in [-0.39, 0.29) is 5.41 Å². The van der Waals surface area contributed by atoms with Gasteiger partial charge in [0, 0.05) is 53.4 Å². The van der Waals surface area contributed by atoms with Crippen LogP contribution in [-0.4, -0.2) is 4.57 Å². The van der Waals surface area contributed by atoms with Crippen molar-refractivity contribution in [3.05, 3.63) is 169 Å². The van der Waals surface area contributed by atoms with Crippen molar-refractivity contribution in [2.75, 3.05) is 4.90 Å². The van der Waals surface area contributed by atoms with Crippen LogP contribution in [0.25, 0.3) is 58.8 Å². The number of rotatable bonds is 4. The van der Waals surface area contributed by atoms with E-state index in [9.17, 15) is 0 Å². The van der Waals surface area contributed by atoms with Gasteiger partial charge in [-0.25, -0.2) is 0 Å². The van der Waals surface area contributed by atoms with E-state index in [4.69, 9.17) is 0 Å². The molecule has 55 heavy (non-hydrogen) atoms. The number of para-hydroxylation sites is 3. The number of benzene rings is 7. The van der Waals surface area contributed by atoms with Crippen LogP contribution < -0.4 is 4.90 Å². The Morgan fingerprint density at radius 2 is 1.20 bits per heavy atom. The Morgan fingerprint density at radius 3 is 2.05 bits per heavy atom. The molecule has 1 spiro atoms. The first kappa shape index (κ1) is 30.7. The van der Waals surface area contributed by atoms with Crippen LogP contribution in [0.5, 0.6) is 0 Å². The molecule has 0 amide bonds. The number of nitrogens with zero attached hydrogens (tertiary/aromatic N) is 2. The molecule has 2 nitrogen and oxygen atoms in total. The van der Waals surface area contributed by atoms with Crippen LogP contribution in [0, 0.1) is 23.7 Å². The highest BCUT2D eigenvalue weighted by Gasteiger charge is 2.61. The smallest absolute Gasteiger partial charge is 0.0584 e. The predicted molar refractivity (Wildman–Crippen MR) is 232 cm³/mol. The maximum Gasteiger partial charge on any atom is 0.0584 e. The molecule has 9 aromatic rings. The zero-order chi connectivity index (χ0) is 35.8. The molecule has 264 valence electrons. The van der Waals surface area contributed by atoms with Gasteiger partial charge in [-0.05, 0) is 133 Å². The molecule has 3 heterocycles. The molecule has 0 N–H and O–H groups in total. The Kier molecular flexibility index (Phi) is 6.25. The molecule has 0 radical (unpaired) electrons. The number of fused-ring (bicyclic) bond motifs is 8. The van der Waals surface area contributed by atoms with Gasteiger partial charge in [0.2, 0.25) is 0 Å². The van der Waals surface area contributed by atoms with Crippen LogP contribution in [-0.2, 0) is 5.41 Å². The summed E-state index contributed by atoms with van der Waals surface area (Å²) in [6, 6.07) is 59.9. The van der Waals surface area contributed by atoms with Crippen LogP contribution >= 0.6 is 11.3 Å². The standard InChI is InChI=1S/C52H40N2S/c1-2-13-37(14-3-1)53(38-15-10-12-34(29-38)40-18-11-19-43-42-17-5-9-23-49(42)55-51(40)43)39-30-44-41-16-4-7-21-47(41)54-48-22-8-6-20-45(48)52(46(31-39)50(44)54)35-25-32-24-33(27-35)28-36(52)26-32/h1-23,29-33,35-36H,24-28H2. The summed E-state index contributed by atoms with van der Waals surface area (Å²) in [6.07, 6.45) is 6.90. The van der Waals surface area contributed by atoms with Crippen LogP contribution in [0.2, 0.25) is 0 Å². The lowest BCUT2D eigenvalue weighted by Gasteiger charge is -2.63. The second kappa shape index (κ2) is 11.2. The van der Waals surface area contributed by atoms with Crippen molar-refractivity contribution >= 4 is 70.4 Å². The van der Waals surface area contributed by atoms with Gasteiger partial charge >= 0.3 is 0 Å². The van der Waals surface area contributed by atoms with Crippen molar-refractivity contribution in [3.63, 3.8) is 0 Å². The Bertz CT molecular complexity index is 2990. The van der Waals surface area contributed by atoms with Gasteiger partial charge in [-0.15, -0.1) is 11.3 Å². The van der Waals surface area contributed by atoms with Crippen molar-refractivity contribution in [1.29, 1.82) is 0 Å². The van der Waals surface area contributed by atoms with Crippen molar-refractivity contribution < 1.29 is 0 Å². The normalized spacial score (nSPS) is 23.3. The Labute approximate surface area is 325 Å². The van der Waals surface area contributed by atoms with Gasteiger partial charge in [-0.3, -0.25) is 0 Å². The third-order valence-corrected chi connectivity index (χ3v) is 15.5. The lowest BCUT2D eigenvalue weighted by atomic mass is 9.41. The highest BCUT2D eigenvalue weighted by molar-refractivity contribution is 7.26. The topological polar surface area (TPSA) is 8.17 Å². The maximum absolute atomic E-state index is 2.66. The molecule has 14 rings (SSSR count). The molecule has 4 bridgehead atoms. The molecule has 7 aromatic carbocycles. The minimum Gasteiger partial charge on any atom is -0.310 e. The molecule has 3 heteroatoms. The van der Waals surface area contributed by atoms with Crippen molar-refractivity contribution in [1.82, 2.24) is 4.57 Å². The summed E-state index contributed by atoms with van der Waals surface area (Å²) in [5.74, 6) is 3.12. The fourth-order valence-electron chi connectivity index (χ4n) is 12.6. The van der Waals surface area contributed by atoms with E-state index in [2.05, 4.69) is 167 Å². The average molecular weight is 725 g/mol. The Hall–Kier alpha value is -5.64. The van der Waals surface area contributed by atoms with Crippen LogP contribution in [0.3, 0.4) is 0 Å². The first-order valence-electron chi connectivity index (χ1n) is 20.3. The molecule has 4 fully saturated rings. The third kappa shape index (κ3) is 4.09. The first-order chi connectivity index (χ1) is 27.2. The van der Waals surface area contributed by atoms with E-state index in [1.807, 2.05) is 11.3 Å². The monoisotopic (exact) mass is 724 g/mol. The fourth-order valence-corrected chi connectivity index (χ4v) is 13.8. The van der Waals surface area contributed by atoms with Gasteiger partial charge in [-0.1, -0.05) is 103 Å². The molecular formula is C52H40N2S. The van der Waals surface area contributed by atoms with Crippen molar-refractivity contribution in [2.24, 2.45) is 23.7 Å². The SMILES string of the molecule is c1ccc(N(c2cccc(-c3cccc4c3sc3ccccc34)c2)c2cc3c4c(c2)c2ccccc2n4-c2ccccc2C32C3CC4CC(C3)CC2C4)cc1. The summed E-state index contributed by atoms with van der Waals surface area (Å²) in [5, 5.41) is 5.39. The largest absolute Gasteiger partial charge is 0.310 e. The van der Waals surface area contributed by atoms with Gasteiger partial charge in [0.05, 0.1) is 16.7 Å². The minimum absolute atomic E-state index is 0.0175. The first-order valence-corrected chi connectivity index (χ1v) is 21.1. The Balaban J connectivity index is 1.09. The zero-order valence-corrected chi connectivity index (χ0v) is 31.5. The van der Waals surface area contributed by atoms with Crippen molar-refractivity contribution in [2.45, 2.75) is 37.5 Å². The third-order valence-electron chi connectivity index (χ3n) is 14.3. The molecule has 5 aliphatic rings. The fraction of sp³-hybridized carbons (Fsp3) is 0.192. The van der Waals surface area contributed by atoms with E-state index in [0.717, 1.165) is 11.8 Å². The van der Waals surface area contributed by atoms with E-state index in [1.165, 1.54) is 108 Å². The minimum atomic E-state index is 0.0175.